The molecule has 2 rings (SSSR count). The predicted octanol–water partition coefficient (Wildman–Crippen LogP) is 3.18. The maximum atomic E-state index is 10.3. The Morgan fingerprint density at radius 3 is 2.44 bits per heavy atom. The first-order chi connectivity index (χ1) is 7.79. The zero-order valence-electron chi connectivity index (χ0n) is 9.78. The molecule has 1 fully saturated rings. The summed E-state index contributed by atoms with van der Waals surface area (Å²) in [5.41, 5.74) is 0.738. The van der Waals surface area contributed by atoms with Crippen molar-refractivity contribution in [3.8, 4) is 0 Å². The molecule has 2 N–H and O–H groups in total. The Kier molecular flexibility index (Phi) is 3.83. The summed E-state index contributed by atoms with van der Waals surface area (Å²) >= 11 is 0. The van der Waals surface area contributed by atoms with Crippen LogP contribution in [0.3, 0.4) is 0 Å². The van der Waals surface area contributed by atoms with Gasteiger partial charge in [-0.2, -0.15) is 0 Å². The van der Waals surface area contributed by atoms with Gasteiger partial charge >= 0.3 is 0 Å². The first-order valence-electron chi connectivity index (χ1n) is 6.30. The molecule has 1 aromatic carbocycles. The quantitative estimate of drug-likeness (QED) is 0.815. The fourth-order valence-corrected chi connectivity index (χ4v) is 2.46. The second-order valence-electron chi connectivity index (χ2n) is 4.83. The minimum atomic E-state index is -0.403. The average molecular weight is 219 g/mol. The van der Waals surface area contributed by atoms with Crippen molar-refractivity contribution >= 4 is 5.69 Å². The van der Waals surface area contributed by atoms with Gasteiger partial charge in [-0.25, -0.2) is 0 Å². The third-order valence-electron chi connectivity index (χ3n) is 3.48. The highest BCUT2D eigenvalue weighted by molar-refractivity contribution is 5.42. The third kappa shape index (κ3) is 3.24. The smallest absolute Gasteiger partial charge is 0.0664 e. The summed E-state index contributed by atoms with van der Waals surface area (Å²) in [6.45, 7) is 0.862. The van der Waals surface area contributed by atoms with Crippen LogP contribution < -0.4 is 5.32 Å². The Morgan fingerprint density at radius 1 is 1.06 bits per heavy atom. The largest absolute Gasteiger partial charge is 0.390 e. The second-order valence-corrected chi connectivity index (χ2v) is 4.83. The van der Waals surface area contributed by atoms with Crippen LogP contribution in [-0.2, 0) is 0 Å². The molecule has 0 bridgehead atoms. The van der Waals surface area contributed by atoms with Gasteiger partial charge in [0.2, 0.25) is 0 Å². The molecular weight excluding hydrogens is 198 g/mol. The molecule has 0 unspecified atom stereocenters. The van der Waals surface area contributed by atoms with Crippen molar-refractivity contribution in [2.24, 2.45) is 0 Å². The van der Waals surface area contributed by atoms with E-state index in [9.17, 15) is 5.11 Å². The van der Waals surface area contributed by atoms with Gasteiger partial charge in [0.05, 0.1) is 5.60 Å². The third-order valence-corrected chi connectivity index (χ3v) is 3.48. The highest BCUT2D eigenvalue weighted by Gasteiger charge is 2.28. The average Bonchev–Trinajstić information content (AvgIpc) is 2.31. The van der Waals surface area contributed by atoms with E-state index in [1.165, 1.54) is 19.3 Å². The Labute approximate surface area is 97.7 Å². The van der Waals surface area contributed by atoms with E-state index in [-0.39, 0.29) is 0 Å². The van der Waals surface area contributed by atoms with Crippen LogP contribution in [0, 0.1) is 0 Å². The number of hydrogen-bond donors (Lipinski definition) is 2. The normalized spacial score (nSPS) is 19.3. The van der Waals surface area contributed by atoms with Crippen molar-refractivity contribution in [2.75, 3.05) is 11.9 Å². The number of nitrogens with one attached hydrogen (secondary N) is 1. The molecule has 0 spiro atoms. The summed E-state index contributed by atoms with van der Waals surface area (Å²) in [5.74, 6) is 0. The van der Waals surface area contributed by atoms with Crippen molar-refractivity contribution in [3.05, 3.63) is 30.3 Å². The fourth-order valence-electron chi connectivity index (χ4n) is 2.46. The zero-order valence-corrected chi connectivity index (χ0v) is 9.78. The lowest BCUT2D eigenvalue weighted by molar-refractivity contribution is -0.000544. The molecule has 1 aliphatic carbocycles. The molecule has 0 radical (unpaired) electrons. The molecule has 1 saturated carbocycles. The topological polar surface area (TPSA) is 32.3 Å². The molecule has 2 heteroatoms. The van der Waals surface area contributed by atoms with Crippen LogP contribution in [0.25, 0.3) is 0 Å². The Hall–Kier alpha value is -1.02. The number of para-hydroxylation sites is 1. The van der Waals surface area contributed by atoms with Gasteiger partial charge in [0.1, 0.15) is 0 Å². The van der Waals surface area contributed by atoms with Gasteiger partial charge in [-0.3, -0.25) is 0 Å². The summed E-state index contributed by atoms with van der Waals surface area (Å²) in [7, 11) is 0. The van der Waals surface area contributed by atoms with Gasteiger partial charge in [0.25, 0.3) is 0 Å². The van der Waals surface area contributed by atoms with E-state index < -0.39 is 5.60 Å². The van der Waals surface area contributed by atoms with Gasteiger partial charge in [-0.05, 0) is 31.4 Å². The van der Waals surface area contributed by atoms with E-state index in [1.807, 2.05) is 18.2 Å². The SMILES string of the molecule is OC1(CCNc2ccccc2)CCCCC1. The monoisotopic (exact) mass is 219 g/mol. The first-order valence-corrected chi connectivity index (χ1v) is 6.30. The molecule has 0 amide bonds. The minimum Gasteiger partial charge on any atom is -0.390 e. The molecular formula is C14H21NO. The molecule has 0 aliphatic heterocycles. The summed E-state index contributed by atoms with van der Waals surface area (Å²) in [6, 6.07) is 10.2. The minimum absolute atomic E-state index is 0.403. The van der Waals surface area contributed by atoms with Gasteiger partial charge < -0.3 is 10.4 Å². The molecule has 0 atom stereocenters. The van der Waals surface area contributed by atoms with Crippen LogP contribution in [0.1, 0.15) is 38.5 Å². The first kappa shape index (κ1) is 11.5. The molecule has 1 aliphatic rings. The zero-order chi connectivity index (χ0) is 11.3. The molecule has 0 aromatic heterocycles. The summed E-state index contributed by atoms with van der Waals surface area (Å²) in [6.07, 6.45) is 6.47. The van der Waals surface area contributed by atoms with E-state index >= 15 is 0 Å². The van der Waals surface area contributed by atoms with Crippen LogP contribution in [-0.4, -0.2) is 17.3 Å². The second kappa shape index (κ2) is 5.35. The van der Waals surface area contributed by atoms with Crippen LogP contribution in [0.2, 0.25) is 0 Å². The van der Waals surface area contributed by atoms with E-state index in [0.29, 0.717) is 0 Å². The van der Waals surface area contributed by atoms with Crippen LogP contribution in [0.15, 0.2) is 30.3 Å². The van der Waals surface area contributed by atoms with Crippen LogP contribution in [0.4, 0.5) is 5.69 Å². The van der Waals surface area contributed by atoms with Gasteiger partial charge in [-0.1, -0.05) is 37.5 Å². The number of aliphatic hydroxyl groups is 1. The summed E-state index contributed by atoms with van der Waals surface area (Å²) < 4.78 is 0. The maximum Gasteiger partial charge on any atom is 0.0664 e. The van der Waals surface area contributed by atoms with Gasteiger partial charge in [0, 0.05) is 12.2 Å². The Balaban J connectivity index is 1.75. The Bertz CT molecular complexity index is 304. The molecule has 1 aromatic rings. The van der Waals surface area contributed by atoms with E-state index in [2.05, 4.69) is 17.4 Å². The van der Waals surface area contributed by atoms with Crippen molar-refractivity contribution < 1.29 is 5.11 Å². The number of hydrogen-bond acceptors (Lipinski definition) is 2. The van der Waals surface area contributed by atoms with Crippen molar-refractivity contribution in [1.82, 2.24) is 0 Å². The fraction of sp³-hybridized carbons (Fsp3) is 0.571. The van der Waals surface area contributed by atoms with Gasteiger partial charge in [0.15, 0.2) is 0 Å². The lowest BCUT2D eigenvalue weighted by Gasteiger charge is -2.32. The maximum absolute atomic E-state index is 10.3. The van der Waals surface area contributed by atoms with Crippen molar-refractivity contribution in [3.63, 3.8) is 0 Å². The van der Waals surface area contributed by atoms with Crippen molar-refractivity contribution in [2.45, 2.75) is 44.1 Å². The molecule has 2 nitrogen and oxygen atoms in total. The summed E-state index contributed by atoms with van der Waals surface area (Å²) in [5, 5.41) is 13.7. The highest BCUT2D eigenvalue weighted by Crippen LogP contribution is 2.30. The van der Waals surface area contributed by atoms with Gasteiger partial charge in [-0.15, -0.1) is 0 Å². The number of benzene rings is 1. The van der Waals surface area contributed by atoms with Crippen LogP contribution in [0.5, 0.6) is 0 Å². The van der Waals surface area contributed by atoms with Crippen LogP contribution >= 0.6 is 0 Å². The van der Waals surface area contributed by atoms with Crippen molar-refractivity contribution in [1.29, 1.82) is 0 Å². The molecule has 16 heavy (non-hydrogen) atoms. The molecule has 88 valence electrons. The lowest BCUT2D eigenvalue weighted by atomic mass is 9.82. The highest BCUT2D eigenvalue weighted by atomic mass is 16.3. The van der Waals surface area contributed by atoms with E-state index in [0.717, 1.165) is 31.5 Å². The molecule has 0 saturated heterocycles. The van der Waals surface area contributed by atoms with E-state index in [4.69, 9.17) is 0 Å². The standard InChI is InChI=1S/C14H21NO/c16-14(9-5-2-6-10-14)11-12-15-13-7-3-1-4-8-13/h1,3-4,7-8,15-16H,2,5-6,9-12H2. The predicted molar refractivity (Wildman–Crippen MR) is 67.6 cm³/mol. The number of anilines is 1. The Morgan fingerprint density at radius 2 is 1.75 bits per heavy atom. The number of rotatable bonds is 4. The van der Waals surface area contributed by atoms with E-state index in [1.54, 1.807) is 0 Å². The molecule has 0 heterocycles. The lowest BCUT2D eigenvalue weighted by Crippen LogP contribution is -2.33. The summed E-state index contributed by atoms with van der Waals surface area (Å²) in [4.78, 5) is 0.